The number of rotatable bonds is 6. The van der Waals surface area contributed by atoms with E-state index in [9.17, 15) is 14.4 Å². The Bertz CT molecular complexity index is 1080. The minimum Gasteiger partial charge on any atom is -0.462 e. The number of ether oxygens (including phenoxy) is 1. The lowest BCUT2D eigenvalue weighted by Gasteiger charge is -2.07. The third-order valence-electron chi connectivity index (χ3n) is 3.71. The van der Waals surface area contributed by atoms with Crippen LogP contribution >= 0.6 is 11.8 Å². The molecule has 144 valence electrons. The van der Waals surface area contributed by atoms with Crippen molar-refractivity contribution in [3.05, 3.63) is 64.2 Å². The molecule has 0 atom stereocenters. The topological polar surface area (TPSA) is 103 Å². The van der Waals surface area contributed by atoms with Crippen LogP contribution in [0.25, 0.3) is 5.65 Å². The number of hydrogen-bond donors (Lipinski definition) is 1. The second-order valence-electron chi connectivity index (χ2n) is 5.86. The van der Waals surface area contributed by atoms with Crippen LogP contribution in [-0.4, -0.2) is 38.6 Å². The summed E-state index contributed by atoms with van der Waals surface area (Å²) in [5.41, 5.74) is 1.97. The number of nitrogens with zero attached hydrogens (tertiary/aromatic N) is 3. The van der Waals surface area contributed by atoms with Gasteiger partial charge in [-0.25, -0.2) is 14.6 Å². The number of fused-ring (bicyclic) bond motifs is 1. The molecular weight excluding hydrogens is 380 g/mol. The first-order valence-electron chi connectivity index (χ1n) is 8.53. The summed E-state index contributed by atoms with van der Waals surface area (Å²) in [6.07, 6.45) is 1.62. The van der Waals surface area contributed by atoms with E-state index in [1.54, 1.807) is 49.5 Å². The van der Waals surface area contributed by atoms with E-state index in [-0.39, 0.29) is 16.8 Å². The van der Waals surface area contributed by atoms with Crippen LogP contribution in [0.2, 0.25) is 0 Å². The summed E-state index contributed by atoms with van der Waals surface area (Å²) in [4.78, 5) is 44.0. The van der Waals surface area contributed by atoms with E-state index in [0.717, 1.165) is 17.3 Å². The van der Waals surface area contributed by atoms with E-state index in [1.807, 2.05) is 6.92 Å². The van der Waals surface area contributed by atoms with Crippen molar-refractivity contribution in [1.29, 1.82) is 0 Å². The third kappa shape index (κ3) is 4.74. The Morgan fingerprint density at radius 1 is 1.18 bits per heavy atom. The molecule has 1 aromatic carbocycles. The van der Waals surface area contributed by atoms with E-state index >= 15 is 0 Å². The Balaban J connectivity index is 1.62. The van der Waals surface area contributed by atoms with Crippen LogP contribution in [-0.2, 0) is 9.53 Å². The van der Waals surface area contributed by atoms with Crippen molar-refractivity contribution >= 4 is 35.0 Å². The molecule has 2 heterocycles. The number of anilines is 1. The quantitative estimate of drug-likeness (QED) is 0.502. The maximum Gasteiger partial charge on any atom is 0.355 e. The van der Waals surface area contributed by atoms with E-state index < -0.39 is 11.7 Å². The molecule has 0 aliphatic carbocycles. The summed E-state index contributed by atoms with van der Waals surface area (Å²) in [6.45, 7) is 3.94. The summed E-state index contributed by atoms with van der Waals surface area (Å²) in [6, 6.07) is 9.98. The minimum absolute atomic E-state index is 0.0427. The average Bonchev–Trinajstić information content (AvgIpc) is 2.67. The molecule has 0 saturated carbocycles. The van der Waals surface area contributed by atoms with E-state index in [1.165, 1.54) is 4.40 Å². The van der Waals surface area contributed by atoms with Crippen LogP contribution < -0.4 is 11.0 Å². The van der Waals surface area contributed by atoms with Crippen LogP contribution in [0.5, 0.6) is 0 Å². The van der Waals surface area contributed by atoms with E-state index in [0.29, 0.717) is 23.5 Å². The Morgan fingerprint density at radius 3 is 2.64 bits per heavy atom. The van der Waals surface area contributed by atoms with Crippen molar-refractivity contribution < 1.29 is 14.3 Å². The lowest BCUT2D eigenvalue weighted by molar-refractivity contribution is -0.113. The van der Waals surface area contributed by atoms with Crippen molar-refractivity contribution in [2.75, 3.05) is 17.7 Å². The Kier molecular flexibility index (Phi) is 6.05. The molecule has 8 nitrogen and oxygen atoms in total. The Labute approximate surface area is 165 Å². The average molecular weight is 398 g/mol. The monoisotopic (exact) mass is 398 g/mol. The lowest BCUT2D eigenvalue weighted by atomic mass is 10.2. The highest BCUT2D eigenvalue weighted by molar-refractivity contribution is 7.99. The van der Waals surface area contributed by atoms with Gasteiger partial charge < -0.3 is 10.1 Å². The highest BCUT2D eigenvalue weighted by Gasteiger charge is 2.10. The van der Waals surface area contributed by atoms with Gasteiger partial charge in [-0.1, -0.05) is 11.8 Å². The first-order chi connectivity index (χ1) is 13.5. The molecule has 0 bridgehead atoms. The number of carbonyl (C=O) groups is 2. The predicted octanol–water partition coefficient (Wildman–Crippen LogP) is 2.31. The van der Waals surface area contributed by atoms with Crippen LogP contribution in [0.1, 0.15) is 22.8 Å². The zero-order valence-corrected chi connectivity index (χ0v) is 16.2. The molecule has 1 amide bonds. The number of aryl methyl sites for hydroxylation is 1. The number of nitrogens with one attached hydrogen (secondary N) is 1. The number of benzene rings is 1. The minimum atomic E-state index is -0.442. The van der Waals surface area contributed by atoms with Gasteiger partial charge in [-0.2, -0.15) is 4.98 Å². The zero-order valence-electron chi connectivity index (χ0n) is 15.3. The van der Waals surface area contributed by atoms with Crippen molar-refractivity contribution in [2.24, 2.45) is 0 Å². The van der Waals surface area contributed by atoms with Crippen molar-refractivity contribution in [1.82, 2.24) is 14.4 Å². The van der Waals surface area contributed by atoms with Gasteiger partial charge in [-0.05, 0) is 55.8 Å². The van der Waals surface area contributed by atoms with Gasteiger partial charge >= 0.3 is 11.7 Å². The van der Waals surface area contributed by atoms with Crippen LogP contribution in [0, 0.1) is 6.92 Å². The Hall–Kier alpha value is -3.20. The SMILES string of the molecule is CCOC(=O)c1ccc(NC(=O)CSc2nc(=O)n3ccc(C)cc3n2)cc1. The summed E-state index contributed by atoms with van der Waals surface area (Å²) >= 11 is 1.08. The van der Waals surface area contributed by atoms with Crippen LogP contribution in [0.4, 0.5) is 5.69 Å². The molecule has 0 aliphatic heterocycles. The standard InChI is InChI=1S/C19H18N4O4S/c1-3-27-17(25)13-4-6-14(7-5-13)20-16(24)11-28-18-21-15-10-12(2)8-9-23(15)19(26)22-18/h4-10H,3,11H2,1-2H3,(H,20,24). The molecule has 0 aliphatic rings. The summed E-state index contributed by atoms with van der Waals surface area (Å²) in [5, 5.41) is 2.96. The number of carbonyl (C=O) groups excluding carboxylic acids is 2. The maximum absolute atomic E-state index is 12.1. The predicted molar refractivity (Wildman–Crippen MR) is 106 cm³/mol. The first-order valence-corrected chi connectivity index (χ1v) is 9.51. The number of thioether (sulfide) groups is 1. The molecule has 2 aromatic heterocycles. The molecule has 9 heteroatoms. The van der Waals surface area contributed by atoms with Crippen molar-refractivity contribution in [3.8, 4) is 0 Å². The summed E-state index contributed by atoms with van der Waals surface area (Å²) in [7, 11) is 0. The maximum atomic E-state index is 12.1. The van der Waals surface area contributed by atoms with E-state index in [2.05, 4.69) is 15.3 Å². The number of pyridine rings is 1. The molecule has 0 spiro atoms. The highest BCUT2D eigenvalue weighted by Crippen LogP contribution is 2.15. The largest absolute Gasteiger partial charge is 0.462 e. The fourth-order valence-electron chi connectivity index (χ4n) is 2.39. The second kappa shape index (κ2) is 8.66. The van der Waals surface area contributed by atoms with Gasteiger partial charge in [0, 0.05) is 11.9 Å². The molecule has 1 N–H and O–H groups in total. The number of aromatic nitrogens is 3. The smallest absolute Gasteiger partial charge is 0.355 e. The lowest BCUT2D eigenvalue weighted by Crippen LogP contribution is -2.20. The third-order valence-corrected chi connectivity index (χ3v) is 4.56. The number of amides is 1. The Morgan fingerprint density at radius 2 is 1.93 bits per heavy atom. The van der Waals surface area contributed by atoms with Gasteiger partial charge in [0.2, 0.25) is 5.91 Å². The van der Waals surface area contributed by atoms with Crippen molar-refractivity contribution in [3.63, 3.8) is 0 Å². The van der Waals surface area contributed by atoms with E-state index in [4.69, 9.17) is 4.74 Å². The van der Waals surface area contributed by atoms with Gasteiger partial charge in [0.15, 0.2) is 5.16 Å². The molecule has 0 unspecified atom stereocenters. The fraction of sp³-hybridized carbons (Fsp3) is 0.211. The molecule has 3 aromatic rings. The normalized spacial score (nSPS) is 10.6. The van der Waals surface area contributed by atoms with Crippen LogP contribution in [0.15, 0.2) is 52.5 Å². The van der Waals surface area contributed by atoms with Gasteiger partial charge in [-0.3, -0.25) is 9.20 Å². The van der Waals surface area contributed by atoms with Gasteiger partial charge in [0.05, 0.1) is 17.9 Å². The summed E-state index contributed by atoms with van der Waals surface area (Å²) in [5.74, 6) is -0.644. The molecule has 0 saturated heterocycles. The molecule has 0 radical (unpaired) electrons. The fourth-order valence-corrected chi connectivity index (χ4v) is 3.03. The van der Waals surface area contributed by atoms with Gasteiger partial charge in [0.25, 0.3) is 0 Å². The van der Waals surface area contributed by atoms with Gasteiger partial charge in [0.1, 0.15) is 5.65 Å². The zero-order chi connectivity index (χ0) is 20.1. The summed E-state index contributed by atoms with van der Waals surface area (Å²) < 4.78 is 6.26. The number of esters is 1. The van der Waals surface area contributed by atoms with Gasteiger partial charge in [-0.15, -0.1) is 0 Å². The second-order valence-corrected chi connectivity index (χ2v) is 6.80. The van der Waals surface area contributed by atoms with Crippen molar-refractivity contribution in [2.45, 2.75) is 19.0 Å². The molecule has 0 fully saturated rings. The first kappa shape index (κ1) is 19.6. The molecular formula is C19H18N4O4S. The molecule has 3 rings (SSSR count). The van der Waals surface area contributed by atoms with Crippen LogP contribution in [0.3, 0.4) is 0 Å². The highest BCUT2D eigenvalue weighted by atomic mass is 32.2. The molecule has 28 heavy (non-hydrogen) atoms. The number of hydrogen-bond acceptors (Lipinski definition) is 7.